The molecule has 98 valence electrons. The predicted molar refractivity (Wildman–Crippen MR) is 80.3 cm³/mol. The Morgan fingerprint density at radius 1 is 0.588 bits per heavy atom. The molecule has 0 aliphatic carbocycles. The van der Waals surface area contributed by atoms with Crippen LogP contribution >= 0.6 is 0 Å². The normalized spacial score (nSPS) is 12.4. The van der Waals surface area contributed by atoms with Crippen LogP contribution < -0.4 is 0 Å². The fourth-order valence-electron chi connectivity index (χ4n) is 1.71. The summed E-state index contributed by atoms with van der Waals surface area (Å²) in [7, 11) is 0. The van der Waals surface area contributed by atoms with Crippen LogP contribution in [0, 0.1) is 0 Å². The molecule has 17 heavy (non-hydrogen) atoms. The number of rotatable bonds is 11. The molecule has 0 aromatic rings. The molecule has 0 unspecified atom stereocenters. The van der Waals surface area contributed by atoms with Gasteiger partial charge in [0.05, 0.1) is 0 Å². The smallest absolute Gasteiger partial charge is 0.0316 e. The van der Waals surface area contributed by atoms with Crippen molar-refractivity contribution in [1.29, 1.82) is 0 Å². The first kappa shape index (κ1) is 16.2. The minimum Gasteiger partial charge on any atom is -0.0917 e. The average molecular weight is 234 g/mol. The van der Waals surface area contributed by atoms with E-state index in [0.717, 1.165) is 0 Å². The highest BCUT2D eigenvalue weighted by molar-refractivity contribution is 4.89. The highest BCUT2D eigenvalue weighted by atomic mass is 13.9. The van der Waals surface area contributed by atoms with Gasteiger partial charge < -0.3 is 0 Å². The second-order valence-corrected chi connectivity index (χ2v) is 4.52. The Morgan fingerprint density at radius 2 is 1.12 bits per heavy atom. The Hall–Kier alpha value is -0.780. The summed E-state index contributed by atoms with van der Waals surface area (Å²) in [6, 6.07) is 0. The van der Waals surface area contributed by atoms with Gasteiger partial charge in [0.1, 0.15) is 0 Å². The van der Waals surface area contributed by atoms with E-state index in [1.807, 2.05) is 0 Å². The summed E-state index contributed by atoms with van der Waals surface area (Å²) in [5, 5.41) is 0. The predicted octanol–water partition coefficient (Wildman–Crippen LogP) is 6.21. The van der Waals surface area contributed by atoms with Crippen molar-refractivity contribution in [3.05, 3.63) is 36.5 Å². The van der Waals surface area contributed by atoms with Gasteiger partial charge in [-0.1, -0.05) is 62.6 Å². The van der Waals surface area contributed by atoms with E-state index in [1.54, 1.807) is 0 Å². The Balaban J connectivity index is 3.18. The van der Waals surface area contributed by atoms with E-state index < -0.39 is 0 Å². The van der Waals surface area contributed by atoms with Crippen LogP contribution in [0.4, 0.5) is 0 Å². The summed E-state index contributed by atoms with van der Waals surface area (Å²) < 4.78 is 0. The van der Waals surface area contributed by atoms with Crippen molar-refractivity contribution in [3.8, 4) is 0 Å². The zero-order chi connectivity index (χ0) is 12.6. The van der Waals surface area contributed by atoms with Crippen molar-refractivity contribution in [1.82, 2.24) is 0 Å². The average Bonchev–Trinajstić information content (AvgIpc) is 2.35. The molecular formula is C17H30. The van der Waals surface area contributed by atoms with Crippen molar-refractivity contribution in [2.24, 2.45) is 0 Å². The minimum absolute atomic E-state index is 1.18. The first-order valence-corrected chi connectivity index (χ1v) is 7.33. The van der Waals surface area contributed by atoms with Crippen LogP contribution in [-0.4, -0.2) is 0 Å². The molecule has 0 heteroatoms. The molecule has 0 aromatic heterocycles. The molecule has 0 aliphatic rings. The van der Waals surface area contributed by atoms with E-state index in [-0.39, 0.29) is 0 Å². The van der Waals surface area contributed by atoms with Gasteiger partial charge in [-0.15, -0.1) is 0 Å². The molecule has 0 bridgehead atoms. The monoisotopic (exact) mass is 234 g/mol. The molecule has 0 saturated carbocycles. The van der Waals surface area contributed by atoms with Gasteiger partial charge in [-0.3, -0.25) is 0 Å². The standard InChI is InChI=1S/C17H30/c1-3-5-7-9-11-13-15-17-16-14-12-10-8-6-4-2/h3,5,11,13-14,16H,4,6-10,12,15,17H2,1-2H3. The Labute approximate surface area is 109 Å². The van der Waals surface area contributed by atoms with Crippen LogP contribution in [0.1, 0.15) is 71.6 Å². The molecule has 0 fully saturated rings. The van der Waals surface area contributed by atoms with E-state index in [2.05, 4.69) is 50.3 Å². The van der Waals surface area contributed by atoms with Gasteiger partial charge in [0.2, 0.25) is 0 Å². The van der Waals surface area contributed by atoms with Crippen LogP contribution in [0.5, 0.6) is 0 Å². The summed E-state index contributed by atoms with van der Waals surface area (Å²) in [6.07, 6.45) is 25.2. The lowest BCUT2D eigenvalue weighted by molar-refractivity contribution is 0.674. The summed E-state index contributed by atoms with van der Waals surface area (Å²) in [5.41, 5.74) is 0. The first-order valence-electron chi connectivity index (χ1n) is 7.33. The summed E-state index contributed by atoms with van der Waals surface area (Å²) in [6.45, 7) is 4.34. The zero-order valence-electron chi connectivity index (χ0n) is 11.8. The van der Waals surface area contributed by atoms with E-state index >= 15 is 0 Å². The zero-order valence-corrected chi connectivity index (χ0v) is 11.8. The maximum atomic E-state index is 2.35. The van der Waals surface area contributed by atoms with Gasteiger partial charge in [0.25, 0.3) is 0 Å². The lowest BCUT2D eigenvalue weighted by Gasteiger charge is -1.94. The fourth-order valence-corrected chi connectivity index (χ4v) is 1.71. The quantitative estimate of drug-likeness (QED) is 0.295. The molecule has 0 aromatic carbocycles. The molecule has 0 aliphatic heterocycles. The number of hydrogen-bond acceptors (Lipinski definition) is 0. The molecule has 0 atom stereocenters. The summed E-state index contributed by atoms with van der Waals surface area (Å²) in [4.78, 5) is 0. The molecule has 0 rings (SSSR count). The van der Waals surface area contributed by atoms with Crippen molar-refractivity contribution >= 4 is 0 Å². The van der Waals surface area contributed by atoms with Crippen LogP contribution in [0.3, 0.4) is 0 Å². The van der Waals surface area contributed by atoms with Gasteiger partial charge in [-0.05, 0) is 45.4 Å². The van der Waals surface area contributed by atoms with Crippen LogP contribution in [0.2, 0.25) is 0 Å². The third-order valence-electron chi connectivity index (χ3n) is 2.79. The van der Waals surface area contributed by atoms with Gasteiger partial charge in [0.15, 0.2) is 0 Å². The highest BCUT2D eigenvalue weighted by Crippen LogP contribution is 2.04. The summed E-state index contributed by atoms with van der Waals surface area (Å²) in [5.74, 6) is 0. The molecule has 0 radical (unpaired) electrons. The topological polar surface area (TPSA) is 0 Å². The SMILES string of the molecule is CC=CCCC=CCCC=CCCCCCC. The lowest BCUT2D eigenvalue weighted by atomic mass is 10.1. The molecule has 0 N–H and O–H groups in total. The van der Waals surface area contributed by atoms with Gasteiger partial charge >= 0.3 is 0 Å². The largest absolute Gasteiger partial charge is 0.0917 e. The number of allylic oxidation sites excluding steroid dienone is 6. The Bertz CT molecular complexity index is 208. The van der Waals surface area contributed by atoms with E-state index in [4.69, 9.17) is 0 Å². The highest BCUT2D eigenvalue weighted by Gasteiger charge is 1.84. The van der Waals surface area contributed by atoms with Gasteiger partial charge in [-0.2, -0.15) is 0 Å². The van der Waals surface area contributed by atoms with E-state index in [9.17, 15) is 0 Å². The van der Waals surface area contributed by atoms with Crippen molar-refractivity contribution < 1.29 is 0 Å². The molecular weight excluding hydrogens is 204 g/mol. The van der Waals surface area contributed by atoms with E-state index in [1.165, 1.54) is 57.8 Å². The van der Waals surface area contributed by atoms with Crippen LogP contribution in [0.25, 0.3) is 0 Å². The maximum absolute atomic E-state index is 2.35. The third-order valence-corrected chi connectivity index (χ3v) is 2.79. The molecule has 0 heterocycles. The van der Waals surface area contributed by atoms with Crippen LogP contribution in [-0.2, 0) is 0 Å². The second-order valence-electron chi connectivity index (χ2n) is 4.52. The van der Waals surface area contributed by atoms with Crippen molar-refractivity contribution in [2.45, 2.75) is 71.6 Å². The van der Waals surface area contributed by atoms with Crippen molar-refractivity contribution in [3.63, 3.8) is 0 Å². The molecule has 0 nitrogen and oxygen atoms in total. The number of unbranched alkanes of at least 4 members (excludes halogenated alkanes) is 6. The first-order chi connectivity index (χ1) is 8.41. The fraction of sp³-hybridized carbons (Fsp3) is 0.647. The molecule has 0 spiro atoms. The Morgan fingerprint density at radius 3 is 1.65 bits per heavy atom. The van der Waals surface area contributed by atoms with Gasteiger partial charge in [0, 0.05) is 0 Å². The number of hydrogen-bond donors (Lipinski definition) is 0. The van der Waals surface area contributed by atoms with Crippen molar-refractivity contribution in [2.75, 3.05) is 0 Å². The third kappa shape index (κ3) is 15.2. The minimum atomic E-state index is 1.18. The van der Waals surface area contributed by atoms with Crippen LogP contribution in [0.15, 0.2) is 36.5 Å². The van der Waals surface area contributed by atoms with E-state index in [0.29, 0.717) is 0 Å². The maximum Gasteiger partial charge on any atom is -0.0316 e. The van der Waals surface area contributed by atoms with Gasteiger partial charge in [-0.25, -0.2) is 0 Å². The lowest BCUT2D eigenvalue weighted by Crippen LogP contribution is -1.74. The second kappa shape index (κ2) is 15.2. The molecule has 0 saturated heterocycles. The summed E-state index contributed by atoms with van der Waals surface area (Å²) >= 11 is 0. The Kier molecular flexibility index (Phi) is 14.5. The molecule has 0 amide bonds.